The first-order chi connectivity index (χ1) is 9.70. The molecule has 1 saturated carbocycles. The normalized spacial score (nSPS) is 17.9. The second-order valence-corrected chi connectivity index (χ2v) is 5.75. The number of aliphatic hydroxyl groups is 1. The third-order valence-corrected chi connectivity index (χ3v) is 3.63. The van der Waals surface area contributed by atoms with Gasteiger partial charge in [-0.05, 0) is 44.0 Å². The quantitative estimate of drug-likeness (QED) is 0.845. The summed E-state index contributed by atoms with van der Waals surface area (Å²) in [5.41, 5.74) is 0.525. The molecule has 1 heterocycles. The Balaban J connectivity index is 1.75. The van der Waals surface area contributed by atoms with Gasteiger partial charge in [0.15, 0.2) is 0 Å². The van der Waals surface area contributed by atoms with Crippen LogP contribution >= 0.6 is 0 Å². The van der Waals surface area contributed by atoms with Crippen LogP contribution in [-0.4, -0.2) is 34.9 Å². The van der Waals surface area contributed by atoms with Gasteiger partial charge in [-0.15, -0.1) is 0 Å². The fourth-order valence-corrected chi connectivity index (χ4v) is 2.29. The number of aromatic nitrogens is 1. The van der Waals surface area contributed by atoms with Crippen molar-refractivity contribution < 1.29 is 9.84 Å². The summed E-state index contributed by atoms with van der Waals surface area (Å²) >= 11 is 0. The zero-order valence-electron chi connectivity index (χ0n) is 11.7. The molecule has 106 valence electrons. The molecule has 4 nitrogen and oxygen atoms in total. The van der Waals surface area contributed by atoms with E-state index in [9.17, 15) is 5.11 Å². The van der Waals surface area contributed by atoms with Crippen LogP contribution in [0.1, 0.15) is 19.8 Å². The zero-order chi connectivity index (χ0) is 14.0. The summed E-state index contributed by atoms with van der Waals surface area (Å²) in [4.78, 5) is 4.32. The topological polar surface area (TPSA) is 54.4 Å². The fraction of sp³-hybridized carbons (Fsp3) is 0.438. The predicted octanol–water partition coefficient (Wildman–Crippen LogP) is 2.12. The summed E-state index contributed by atoms with van der Waals surface area (Å²) < 4.78 is 5.94. The minimum atomic E-state index is -0.397. The molecule has 4 heteroatoms. The van der Waals surface area contributed by atoms with Gasteiger partial charge in [-0.3, -0.25) is 4.98 Å². The molecule has 0 spiro atoms. The maximum absolute atomic E-state index is 9.60. The number of hydrogen-bond acceptors (Lipinski definition) is 4. The number of rotatable bonds is 6. The Bertz CT molecular complexity index is 593. The Hall–Kier alpha value is -1.65. The molecule has 1 aromatic heterocycles. The summed E-state index contributed by atoms with van der Waals surface area (Å²) in [5, 5.41) is 14.0. The molecule has 0 amide bonds. The molecule has 0 bridgehead atoms. The van der Waals surface area contributed by atoms with E-state index in [0.29, 0.717) is 12.6 Å². The third-order valence-electron chi connectivity index (χ3n) is 3.63. The van der Waals surface area contributed by atoms with Crippen molar-refractivity contribution in [1.29, 1.82) is 0 Å². The first-order valence-corrected chi connectivity index (χ1v) is 7.05. The lowest BCUT2D eigenvalue weighted by Crippen LogP contribution is -2.51. The van der Waals surface area contributed by atoms with Gasteiger partial charge in [0.1, 0.15) is 12.4 Å². The van der Waals surface area contributed by atoms with Gasteiger partial charge < -0.3 is 15.2 Å². The number of aliphatic hydroxyl groups excluding tert-OH is 1. The Labute approximate surface area is 118 Å². The standard InChI is InChI=1S/C16H20N2O2/c1-16(10-19,18-12-7-8-12)11-20-15-6-2-5-14-13(15)4-3-9-17-14/h2-6,9,12,18-19H,7-8,10-11H2,1H3. The Morgan fingerprint density at radius 1 is 1.35 bits per heavy atom. The van der Waals surface area contributed by atoms with Gasteiger partial charge in [-0.25, -0.2) is 0 Å². The lowest BCUT2D eigenvalue weighted by molar-refractivity contribution is 0.115. The molecule has 1 fully saturated rings. The van der Waals surface area contributed by atoms with E-state index in [1.807, 2.05) is 37.3 Å². The number of hydrogen-bond donors (Lipinski definition) is 2. The van der Waals surface area contributed by atoms with Gasteiger partial charge >= 0.3 is 0 Å². The Kier molecular flexibility index (Phi) is 3.59. The summed E-state index contributed by atoms with van der Waals surface area (Å²) in [7, 11) is 0. The van der Waals surface area contributed by atoms with Crippen LogP contribution in [-0.2, 0) is 0 Å². The highest BCUT2D eigenvalue weighted by molar-refractivity contribution is 5.84. The smallest absolute Gasteiger partial charge is 0.128 e. The Morgan fingerprint density at radius 3 is 2.95 bits per heavy atom. The van der Waals surface area contributed by atoms with Crippen molar-refractivity contribution in [2.45, 2.75) is 31.3 Å². The Morgan fingerprint density at radius 2 is 2.20 bits per heavy atom. The van der Waals surface area contributed by atoms with Crippen molar-refractivity contribution in [1.82, 2.24) is 10.3 Å². The van der Waals surface area contributed by atoms with E-state index in [2.05, 4.69) is 10.3 Å². The lowest BCUT2D eigenvalue weighted by atomic mass is 10.1. The molecular formula is C16H20N2O2. The number of ether oxygens (including phenoxy) is 1. The van der Waals surface area contributed by atoms with E-state index >= 15 is 0 Å². The highest BCUT2D eigenvalue weighted by Crippen LogP contribution is 2.26. The lowest BCUT2D eigenvalue weighted by Gasteiger charge is -2.29. The fourth-order valence-electron chi connectivity index (χ4n) is 2.29. The molecule has 1 aromatic carbocycles. The second kappa shape index (κ2) is 5.38. The maximum Gasteiger partial charge on any atom is 0.128 e. The van der Waals surface area contributed by atoms with Crippen LogP contribution in [0.4, 0.5) is 0 Å². The molecule has 1 aliphatic rings. The van der Waals surface area contributed by atoms with Crippen molar-refractivity contribution in [2.75, 3.05) is 13.2 Å². The second-order valence-electron chi connectivity index (χ2n) is 5.75. The van der Waals surface area contributed by atoms with Crippen LogP contribution in [0.3, 0.4) is 0 Å². The van der Waals surface area contributed by atoms with E-state index in [1.54, 1.807) is 6.20 Å². The first-order valence-electron chi connectivity index (χ1n) is 7.05. The average Bonchev–Trinajstić information content (AvgIpc) is 3.29. The SMILES string of the molecule is CC(CO)(COc1cccc2ncccc12)NC1CC1. The van der Waals surface area contributed by atoms with Gasteiger partial charge in [0, 0.05) is 17.6 Å². The molecule has 3 rings (SSSR count). The average molecular weight is 272 g/mol. The van der Waals surface area contributed by atoms with Gasteiger partial charge in [0.2, 0.25) is 0 Å². The predicted molar refractivity (Wildman–Crippen MR) is 78.9 cm³/mol. The minimum absolute atomic E-state index is 0.0620. The first kappa shape index (κ1) is 13.3. The zero-order valence-corrected chi connectivity index (χ0v) is 11.7. The molecule has 2 aromatic rings. The van der Waals surface area contributed by atoms with Crippen LogP contribution in [0.2, 0.25) is 0 Å². The van der Waals surface area contributed by atoms with E-state index in [-0.39, 0.29) is 6.61 Å². The summed E-state index contributed by atoms with van der Waals surface area (Å²) in [6, 6.07) is 10.3. The van der Waals surface area contributed by atoms with Gasteiger partial charge in [0.05, 0.1) is 17.7 Å². The van der Waals surface area contributed by atoms with E-state index in [0.717, 1.165) is 16.7 Å². The van der Waals surface area contributed by atoms with Gasteiger partial charge in [-0.1, -0.05) is 6.07 Å². The van der Waals surface area contributed by atoms with Crippen LogP contribution < -0.4 is 10.1 Å². The summed E-state index contributed by atoms with van der Waals surface area (Å²) in [6.45, 7) is 2.50. The van der Waals surface area contributed by atoms with Crippen molar-refractivity contribution >= 4 is 10.9 Å². The van der Waals surface area contributed by atoms with Crippen molar-refractivity contribution in [2.24, 2.45) is 0 Å². The summed E-state index contributed by atoms with van der Waals surface area (Å²) in [5.74, 6) is 0.813. The molecule has 1 aliphatic carbocycles. The maximum atomic E-state index is 9.60. The van der Waals surface area contributed by atoms with Crippen LogP contribution in [0.5, 0.6) is 5.75 Å². The van der Waals surface area contributed by atoms with Gasteiger partial charge in [-0.2, -0.15) is 0 Å². The minimum Gasteiger partial charge on any atom is -0.491 e. The largest absolute Gasteiger partial charge is 0.491 e. The molecular weight excluding hydrogens is 252 g/mol. The third kappa shape index (κ3) is 2.92. The van der Waals surface area contributed by atoms with Crippen LogP contribution in [0, 0.1) is 0 Å². The van der Waals surface area contributed by atoms with E-state index in [1.165, 1.54) is 12.8 Å². The molecule has 20 heavy (non-hydrogen) atoms. The number of nitrogens with zero attached hydrogens (tertiary/aromatic N) is 1. The molecule has 1 atom stereocenters. The molecule has 0 saturated heterocycles. The van der Waals surface area contributed by atoms with Crippen molar-refractivity contribution in [3.05, 3.63) is 36.5 Å². The number of pyridine rings is 1. The van der Waals surface area contributed by atoms with Crippen molar-refractivity contribution in [3.8, 4) is 5.75 Å². The molecule has 2 N–H and O–H groups in total. The summed E-state index contributed by atoms with van der Waals surface area (Å²) in [6.07, 6.45) is 4.15. The highest BCUT2D eigenvalue weighted by atomic mass is 16.5. The van der Waals surface area contributed by atoms with Crippen LogP contribution in [0.15, 0.2) is 36.5 Å². The van der Waals surface area contributed by atoms with E-state index < -0.39 is 5.54 Å². The van der Waals surface area contributed by atoms with Crippen LogP contribution in [0.25, 0.3) is 10.9 Å². The molecule has 0 aliphatic heterocycles. The number of fused-ring (bicyclic) bond motifs is 1. The number of benzene rings is 1. The monoisotopic (exact) mass is 272 g/mol. The van der Waals surface area contributed by atoms with Crippen molar-refractivity contribution in [3.63, 3.8) is 0 Å². The van der Waals surface area contributed by atoms with E-state index in [4.69, 9.17) is 4.74 Å². The molecule has 0 radical (unpaired) electrons. The van der Waals surface area contributed by atoms with Gasteiger partial charge in [0.25, 0.3) is 0 Å². The number of nitrogens with one attached hydrogen (secondary N) is 1. The molecule has 1 unspecified atom stereocenters. The highest BCUT2D eigenvalue weighted by Gasteiger charge is 2.32.